The second kappa shape index (κ2) is 6.71. The smallest absolute Gasteiger partial charge is 0.264 e. The lowest BCUT2D eigenvalue weighted by atomic mass is 10.1. The summed E-state index contributed by atoms with van der Waals surface area (Å²) < 4.78 is 0. The Morgan fingerprint density at radius 1 is 1.25 bits per heavy atom. The van der Waals surface area contributed by atoms with Gasteiger partial charge in [-0.15, -0.1) is 0 Å². The normalized spacial score (nSPS) is 17.5. The number of amidine groups is 1. The highest BCUT2D eigenvalue weighted by atomic mass is 35.5. The fraction of sp³-hybridized carbons (Fsp3) is 0.111. The minimum absolute atomic E-state index is 0.0134. The van der Waals surface area contributed by atoms with Crippen LogP contribution in [0.4, 0.5) is 5.69 Å². The van der Waals surface area contributed by atoms with E-state index in [-0.39, 0.29) is 16.7 Å². The van der Waals surface area contributed by atoms with Gasteiger partial charge in [-0.1, -0.05) is 29.8 Å². The summed E-state index contributed by atoms with van der Waals surface area (Å²) in [7, 11) is 0. The molecule has 0 bridgehead atoms. The Labute approximate surface area is 149 Å². The number of thioether (sulfide) groups is 1. The molecule has 0 radical (unpaired) electrons. The minimum Gasteiger partial charge on any atom is -0.506 e. The van der Waals surface area contributed by atoms with Crippen LogP contribution in [0.5, 0.6) is 5.75 Å². The summed E-state index contributed by atoms with van der Waals surface area (Å²) >= 11 is 7.17. The molecule has 1 aliphatic heterocycles. The third kappa shape index (κ3) is 3.47. The quantitative estimate of drug-likeness (QED) is 0.774. The Morgan fingerprint density at radius 2 is 2.04 bits per heavy atom. The summed E-state index contributed by atoms with van der Waals surface area (Å²) in [6.45, 7) is 4.03. The van der Waals surface area contributed by atoms with Crippen molar-refractivity contribution >= 4 is 46.2 Å². The van der Waals surface area contributed by atoms with Gasteiger partial charge in [-0.05, 0) is 66.6 Å². The van der Waals surface area contributed by atoms with E-state index in [9.17, 15) is 9.90 Å². The molecule has 6 heteroatoms. The fourth-order valence-corrected chi connectivity index (χ4v) is 3.23. The van der Waals surface area contributed by atoms with Crippen LogP contribution < -0.4 is 5.32 Å². The van der Waals surface area contributed by atoms with Crippen molar-refractivity contribution < 1.29 is 9.90 Å². The van der Waals surface area contributed by atoms with Gasteiger partial charge in [0.15, 0.2) is 5.17 Å². The molecule has 0 aromatic heterocycles. The minimum atomic E-state index is -0.201. The number of phenolic OH excluding ortho intramolecular Hbond substituents is 1. The van der Waals surface area contributed by atoms with Crippen LogP contribution in [0.15, 0.2) is 46.3 Å². The van der Waals surface area contributed by atoms with Gasteiger partial charge < -0.3 is 10.4 Å². The highest BCUT2D eigenvalue weighted by molar-refractivity contribution is 8.18. The van der Waals surface area contributed by atoms with Crippen molar-refractivity contribution in [3.05, 3.63) is 63.0 Å². The first-order valence-electron chi connectivity index (χ1n) is 7.28. The lowest BCUT2D eigenvalue weighted by Gasteiger charge is -2.04. The van der Waals surface area contributed by atoms with Gasteiger partial charge in [-0.3, -0.25) is 4.79 Å². The summed E-state index contributed by atoms with van der Waals surface area (Å²) in [4.78, 5) is 17.2. The van der Waals surface area contributed by atoms with Gasteiger partial charge in [-0.25, -0.2) is 4.99 Å². The highest BCUT2D eigenvalue weighted by Crippen LogP contribution is 2.31. The number of halogens is 1. The maximum absolute atomic E-state index is 12.1. The van der Waals surface area contributed by atoms with Gasteiger partial charge in [0.05, 0.1) is 15.6 Å². The number of aliphatic imine (C=N–C) groups is 1. The number of carbonyl (C=O) groups is 1. The first kappa shape index (κ1) is 16.6. The molecule has 2 aromatic rings. The third-order valence-corrected chi connectivity index (χ3v) is 4.93. The molecule has 1 fully saturated rings. The number of nitrogens with zero attached hydrogens (tertiary/aromatic N) is 1. The molecule has 2 aromatic carbocycles. The maximum Gasteiger partial charge on any atom is 0.264 e. The average Bonchev–Trinajstić information content (AvgIpc) is 2.87. The van der Waals surface area contributed by atoms with Gasteiger partial charge in [0, 0.05) is 0 Å². The van der Waals surface area contributed by atoms with Crippen molar-refractivity contribution in [1.82, 2.24) is 5.32 Å². The average molecular weight is 359 g/mol. The van der Waals surface area contributed by atoms with Gasteiger partial charge in [0.1, 0.15) is 5.75 Å². The first-order chi connectivity index (χ1) is 11.4. The van der Waals surface area contributed by atoms with Crippen LogP contribution in [-0.4, -0.2) is 16.2 Å². The van der Waals surface area contributed by atoms with Crippen LogP contribution >= 0.6 is 23.4 Å². The SMILES string of the molecule is Cc1cccc(N=C2NC(=O)/C(=C/c3ccc(O)c(Cl)c3)S2)c1C. The largest absolute Gasteiger partial charge is 0.506 e. The number of aryl methyl sites for hydroxylation is 1. The summed E-state index contributed by atoms with van der Waals surface area (Å²) in [5.74, 6) is -0.187. The number of aromatic hydroxyl groups is 1. The molecule has 4 nitrogen and oxygen atoms in total. The number of nitrogens with one attached hydrogen (secondary N) is 1. The zero-order valence-corrected chi connectivity index (χ0v) is 14.7. The standard InChI is InChI=1S/C18H15ClN2O2S/c1-10-4-3-5-14(11(10)2)20-18-21-17(23)16(24-18)9-12-6-7-15(22)13(19)8-12/h3-9,22H,1-2H3,(H,20,21,23)/b16-9-. The van der Waals surface area contributed by atoms with Crippen molar-refractivity contribution in [3.8, 4) is 5.75 Å². The Balaban J connectivity index is 1.88. The lowest BCUT2D eigenvalue weighted by Crippen LogP contribution is -2.19. The Hall–Kier alpha value is -2.24. The van der Waals surface area contributed by atoms with Crippen molar-refractivity contribution in [2.75, 3.05) is 0 Å². The van der Waals surface area contributed by atoms with Crippen molar-refractivity contribution in [3.63, 3.8) is 0 Å². The molecule has 2 N–H and O–H groups in total. The molecule has 24 heavy (non-hydrogen) atoms. The Kier molecular flexibility index (Phi) is 4.64. The molecular formula is C18H15ClN2O2S. The number of hydrogen-bond donors (Lipinski definition) is 2. The van der Waals surface area contributed by atoms with Gasteiger partial charge >= 0.3 is 0 Å². The second-order valence-electron chi connectivity index (χ2n) is 5.41. The van der Waals surface area contributed by atoms with Gasteiger partial charge in [-0.2, -0.15) is 0 Å². The van der Waals surface area contributed by atoms with Crippen LogP contribution in [-0.2, 0) is 4.79 Å². The fourth-order valence-electron chi connectivity index (χ4n) is 2.21. The predicted octanol–water partition coefficient (Wildman–Crippen LogP) is 4.55. The predicted molar refractivity (Wildman–Crippen MR) is 99.8 cm³/mol. The summed E-state index contributed by atoms with van der Waals surface area (Å²) in [6.07, 6.45) is 1.72. The molecule has 0 aliphatic carbocycles. The van der Waals surface area contributed by atoms with E-state index in [0.717, 1.165) is 22.4 Å². The topological polar surface area (TPSA) is 61.7 Å². The van der Waals surface area contributed by atoms with E-state index in [1.165, 1.54) is 17.8 Å². The van der Waals surface area contributed by atoms with E-state index >= 15 is 0 Å². The molecule has 0 unspecified atom stereocenters. The molecule has 3 rings (SSSR count). The molecule has 0 saturated carbocycles. The Morgan fingerprint density at radius 3 is 2.79 bits per heavy atom. The highest BCUT2D eigenvalue weighted by Gasteiger charge is 2.24. The van der Waals surface area contributed by atoms with Crippen molar-refractivity contribution in [2.45, 2.75) is 13.8 Å². The molecule has 1 aliphatic rings. The van der Waals surface area contributed by atoms with Crippen molar-refractivity contribution in [2.24, 2.45) is 4.99 Å². The van der Waals surface area contributed by atoms with Gasteiger partial charge in [0.2, 0.25) is 0 Å². The molecule has 1 heterocycles. The first-order valence-corrected chi connectivity index (χ1v) is 8.48. The van der Waals surface area contributed by atoms with E-state index in [2.05, 4.69) is 10.3 Å². The molecule has 1 amide bonds. The molecule has 122 valence electrons. The Bertz CT molecular complexity index is 891. The van der Waals surface area contributed by atoms with E-state index in [1.807, 2.05) is 32.0 Å². The molecule has 0 spiro atoms. The molecular weight excluding hydrogens is 344 g/mol. The number of rotatable bonds is 2. The number of benzene rings is 2. The number of carbonyl (C=O) groups excluding carboxylic acids is 1. The zero-order valence-electron chi connectivity index (χ0n) is 13.1. The van der Waals surface area contributed by atoms with Crippen LogP contribution in [0.25, 0.3) is 6.08 Å². The van der Waals surface area contributed by atoms with Crippen LogP contribution in [0.2, 0.25) is 5.02 Å². The summed E-state index contributed by atoms with van der Waals surface area (Å²) in [6, 6.07) is 10.7. The summed E-state index contributed by atoms with van der Waals surface area (Å²) in [5.41, 5.74) is 3.82. The van der Waals surface area contributed by atoms with E-state index in [4.69, 9.17) is 11.6 Å². The van der Waals surface area contributed by atoms with Crippen LogP contribution in [0.1, 0.15) is 16.7 Å². The zero-order chi connectivity index (χ0) is 17.3. The number of phenols is 1. The van der Waals surface area contributed by atoms with E-state index < -0.39 is 0 Å². The molecule has 0 atom stereocenters. The maximum atomic E-state index is 12.1. The number of amides is 1. The number of hydrogen-bond acceptors (Lipinski definition) is 4. The summed E-state index contributed by atoms with van der Waals surface area (Å²) in [5, 5.41) is 13.0. The van der Waals surface area contributed by atoms with E-state index in [1.54, 1.807) is 18.2 Å². The second-order valence-corrected chi connectivity index (χ2v) is 6.85. The van der Waals surface area contributed by atoms with Crippen LogP contribution in [0, 0.1) is 13.8 Å². The lowest BCUT2D eigenvalue weighted by molar-refractivity contribution is -0.115. The van der Waals surface area contributed by atoms with E-state index in [0.29, 0.717) is 10.1 Å². The van der Waals surface area contributed by atoms with Crippen molar-refractivity contribution in [1.29, 1.82) is 0 Å². The third-order valence-electron chi connectivity index (χ3n) is 3.72. The molecule has 1 saturated heterocycles. The van der Waals surface area contributed by atoms with Gasteiger partial charge in [0.25, 0.3) is 5.91 Å². The monoisotopic (exact) mass is 358 g/mol. The van der Waals surface area contributed by atoms with Crippen LogP contribution in [0.3, 0.4) is 0 Å².